The predicted octanol–water partition coefficient (Wildman–Crippen LogP) is 8.18. The van der Waals surface area contributed by atoms with Crippen LogP contribution in [0.3, 0.4) is 0 Å². The Morgan fingerprint density at radius 2 is 1.54 bits per heavy atom. The van der Waals surface area contributed by atoms with Gasteiger partial charge in [-0.05, 0) is 60.7 Å². The molecule has 6 heteroatoms. The molecule has 6 nitrogen and oxygen atoms in total. The van der Waals surface area contributed by atoms with Crippen molar-refractivity contribution in [2.45, 2.75) is 33.6 Å². The molecule has 0 saturated heterocycles. The molecule has 0 radical (unpaired) electrons. The van der Waals surface area contributed by atoms with E-state index < -0.39 is 0 Å². The summed E-state index contributed by atoms with van der Waals surface area (Å²) in [5.74, 6) is 1.10. The lowest BCUT2D eigenvalue weighted by Crippen LogP contribution is -2.01. The average Bonchev–Trinajstić information content (AvgIpc) is 3.52. The third-order valence-corrected chi connectivity index (χ3v) is 7.31. The number of nitrogens with zero attached hydrogens (tertiary/aromatic N) is 5. The normalized spacial score (nSPS) is 11.8. The van der Waals surface area contributed by atoms with E-state index >= 15 is 0 Å². The van der Waals surface area contributed by atoms with Gasteiger partial charge in [-0.25, -0.2) is 9.97 Å². The summed E-state index contributed by atoms with van der Waals surface area (Å²) in [6.07, 6.45) is 5.65. The van der Waals surface area contributed by atoms with Crippen molar-refractivity contribution < 1.29 is 4.42 Å². The Hall–Kier alpha value is -4.84. The van der Waals surface area contributed by atoms with E-state index in [1.165, 1.54) is 11.1 Å². The lowest BCUT2D eigenvalue weighted by molar-refractivity contribution is 0.648. The van der Waals surface area contributed by atoms with Crippen LogP contribution in [-0.2, 0) is 0 Å². The second-order valence-electron chi connectivity index (χ2n) is 10.3. The fraction of sp³-hybridized carbons (Fsp3) is 0.152. The third kappa shape index (κ3) is 3.79. The first-order valence-electron chi connectivity index (χ1n) is 13.2. The molecule has 0 aliphatic carbocycles. The van der Waals surface area contributed by atoms with E-state index in [2.05, 4.69) is 89.0 Å². The molecule has 190 valence electrons. The number of aromatic nitrogens is 5. The van der Waals surface area contributed by atoms with Crippen LogP contribution < -0.4 is 0 Å². The molecule has 0 N–H and O–H groups in total. The van der Waals surface area contributed by atoms with Gasteiger partial charge in [-0.15, -0.1) is 0 Å². The summed E-state index contributed by atoms with van der Waals surface area (Å²) in [7, 11) is 0. The Labute approximate surface area is 226 Å². The zero-order valence-electron chi connectivity index (χ0n) is 22.3. The summed E-state index contributed by atoms with van der Waals surface area (Å²) in [4.78, 5) is 18.9. The molecule has 0 saturated carbocycles. The van der Waals surface area contributed by atoms with E-state index in [4.69, 9.17) is 14.4 Å². The molecule has 0 unspecified atom stereocenters. The Bertz CT molecular complexity index is 2000. The minimum absolute atomic E-state index is 0.282. The quantitative estimate of drug-likeness (QED) is 0.239. The van der Waals surface area contributed by atoms with Crippen LogP contribution in [0.25, 0.3) is 61.3 Å². The molecule has 0 aliphatic heterocycles. The highest BCUT2D eigenvalue weighted by Crippen LogP contribution is 2.36. The first kappa shape index (κ1) is 23.3. The van der Waals surface area contributed by atoms with Crippen LogP contribution in [0, 0.1) is 13.8 Å². The fourth-order valence-corrected chi connectivity index (χ4v) is 5.45. The van der Waals surface area contributed by atoms with Gasteiger partial charge in [-0.3, -0.25) is 14.5 Å². The van der Waals surface area contributed by atoms with Gasteiger partial charge in [0.05, 0.1) is 17.4 Å². The van der Waals surface area contributed by atoms with Gasteiger partial charge in [0.2, 0.25) is 5.71 Å². The number of fused-ring (bicyclic) bond motifs is 4. The number of furan rings is 1. The molecule has 0 aliphatic rings. The number of pyridine rings is 3. The maximum atomic E-state index is 6.10. The van der Waals surface area contributed by atoms with Crippen molar-refractivity contribution in [1.82, 2.24) is 24.5 Å². The number of benzene rings is 2. The van der Waals surface area contributed by atoms with E-state index in [0.29, 0.717) is 5.71 Å². The predicted molar refractivity (Wildman–Crippen MR) is 156 cm³/mol. The van der Waals surface area contributed by atoms with Crippen molar-refractivity contribution in [3.8, 4) is 28.2 Å². The van der Waals surface area contributed by atoms with Gasteiger partial charge < -0.3 is 4.42 Å². The second kappa shape index (κ2) is 8.88. The topological polar surface area (TPSA) is 69.6 Å². The molecule has 0 fully saturated rings. The lowest BCUT2D eigenvalue weighted by Gasteiger charge is -2.14. The van der Waals surface area contributed by atoms with Crippen molar-refractivity contribution in [2.24, 2.45) is 0 Å². The summed E-state index contributed by atoms with van der Waals surface area (Å²) in [6, 6.07) is 23.3. The van der Waals surface area contributed by atoms with E-state index in [9.17, 15) is 0 Å². The number of hydrogen-bond acceptors (Lipinski definition) is 5. The smallest absolute Gasteiger partial charge is 0.227 e. The van der Waals surface area contributed by atoms with Crippen LogP contribution in [0.5, 0.6) is 0 Å². The highest BCUT2D eigenvalue weighted by Gasteiger charge is 2.21. The van der Waals surface area contributed by atoms with E-state index in [-0.39, 0.29) is 5.92 Å². The lowest BCUT2D eigenvalue weighted by atomic mass is 10.0. The first-order chi connectivity index (χ1) is 19.0. The SMILES string of the molecule is Cc1cc2c(oc3ncc(-c4nc5cncc(C(C)C)c5n4-c4ccc(-c5ccccc5)cc4)cc32)c(C)n1. The van der Waals surface area contributed by atoms with Crippen LogP contribution in [0.15, 0.2) is 89.7 Å². The average molecular weight is 510 g/mol. The Kier molecular flexibility index (Phi) is 5.30. The van der Waals surface area contributed by atoms with Crippen LogP contribution in [0.2, 0.25) is 0 Å². The van der Waals surface area contributed by atoms with Crippen LogP contribution in [0.1, 0.15) is 36.7 Å². The highest BCUT2D eigenvalue weighted by atomic mass is 16.3. The molecular weight excluding hydrogens is 482 g/mol. The third-order valence-electron chi connectivity index (χ3n) is 7.31. The van der Waals surface area contributed by atoms with Crippen LogP contribution in [-0.4, -0.2) is 24.5 Å². The summed E-state index contributed by atoms with van der Waals surface area (Å²) in [5, 5.41) is 1.97. The molecule has 0 bridgehead atoms. The molecule has 5 aromatic heterocycles. The van der Waals surface area contributed by atoms with E-state index in [0.717, 1.165) is 61.4 Å². The maximum absolute atomic E-state index is 6.10. The zero-order chi connectivity index (χ0) is 26.7. The van der Waals surface area contributed by atoms with E-state index in [1.54, 1.807) is 0 Å². The fourth-order valence-electron chi connectivity index (χ4n) is 5.45. The van der Waals surface area contributed by atoms with Gasteiger partial charge in [0.25, 0.3) is 0 Å². The molecule has 0 atom stereocenters. The maximum Gasteiger partial charge on any atom is 0.227 e. The molecule has 2 aromatic carbocycles. The summed E-state index contributed by atoms with van der Waals surface area (Å²) in [6.45, 7) is 8.35. The second-order valence-corrected chi connectivity index (χ2v) is 10.3. The number of imidazole rings is 1. The highest BCUT2D eigenvalue weighted by molar-refractivity contribution is 6.05. The monoisotopic (exact) mass is 509 g/mol. The minimum atomic E-state index is 0.282. The summed E-state index contributed by atoms with van der Waals surface area (Å²) in [5.41, 5.74) is 10.6. The first-order valence-corrected chi connectivity index (χ1v) is 13.2. The number of aryl methyl sites for hydroxylation is 2. The van der Waals surface area contributed by atoms with Gasteiger partial charge in [-0.2, -0.15) is 0 Å². The zero-order valence-corrected chi connectivity index (χ0v) is 22.3. The minimum Gasteiger partial charge on any atom is -0.436 e. The molecule has 7 rings (SSSR count). The van der Waals surface area contributed by atoms with Gasteiger partial charge in [0, 0.05) is 40.1 Å². The molecule has 5 heterocycles. The van der Waals surface area contributed by atoms with Crippen molar-refractivity contribution in [3.63, 3.8) is 0 Å². The molecular formula is C33H27N5O. The van der Waals surface area contributed by atoms with Crippen molar-refractivity contribution in [2.75, 3.05) is 0 Å². The van der Waals surface area contributed by atoms with Crippen LogP contribution >= 0.6 is 0 Å². The van der Waals surface area contributed by atoms with Crippen molar-refractivity contribution >= 4 is 33.1 Å². The summed E-state index contributed by atoms with van der Waals surface area (Å²) < 4.78 is 8.34. The van der Waals surface area contributed by atoms with Crippen molar-refractivity contribution in [3.05, 3.63) is 102 Å². The van der Waals surface area contributed by atoms with Gasteiger partial charge in [-0.1, -0.05) is 56.3 Å². The van der Waals surface area contributed by atoms with Crippen molar-refractivity contribution in [1.29, 1.82) is 0 Å². The number of rotatable bonds is 4. The Balaban J connectivity index is 1.48. The molecule has 0 spiro atoms. The summed E-state index contributed by atoms with van der Waals surface area (Å²) >= 11 is 0. The van der Waals surface area contributed by atoms with Gasteiger partial charge in [0.15, 0.2) is 5.58 Å². The Morgan fingerprint density at radius 3 is 2.31 bits per heavy atom. The molecule has 0 amide bonds. The number of hydrogen-bond donors (Lipinski definition) is 0. The van der Waals surface area contributed by atoms with Crippen LogP contribution in [0.4, 0.5) is 0 Å². The molecule has 39 heavy (non-hydrogen) atoms. The largest absolute Gasteiger partial charge is 0.436 e. The van der Waals surface area contributed by atoms with Gasteiger partial charge in [0.1, 0.15) is 11.3 Å². The standard InChI is InChI=1S/C33H27N5O/c1-19(2)28-17-34-18-29-30(28)38(25-12-10-23(11-13-25)22-8-6-5-7-9-22)32(37-29)24-15-27-26-14-20(3)36-21(4)31(26)39-33(27)35-16-24/h5-19H,1-4H3. The Morgan fingerprint density at radius 1 is 0.769 bits per heavy atom. The van der Waals surface area contributed by atoms with Gasteiger partial charge >= 0.3 is 0 Å². The van der Waals surface area contributed by atoms with E-state index in [1.807, 2.05) is 38.5 Å². The molecule has 7 aromatic rings.